The molecule has 0 aromatic rings. The summed E-state index contributed by atoms with van der Waals surface area (Å²) in [7, 11) is 0. The van der Waals surface area contributed by atoms with E-state index in [0.717, 1.165) is 51.4 Å². The molecule has 2 aliphatic rings. The van der Waals surface area contributed by atoms with Gasteiger partial charge in [-0.3, -0.25) is 4.79 Å². The number of hydrogen-bond donors (Lipinski definition) is 9. The number of nitrogens with one attached hydrogen (secondary N) is 1. The third-order valence-electron chi connectivity index (χ3n) is 21.1. The SMILES string of the molecule is CCCCCCCCCCCCCCCCCCCCCCCCCCCCCCCCCCCCCCCC(=O)NC(COC1OC(CO)C(OC2OC(CO)C(O)C(O)C2O)C(O)C1O)C(O)CCCCCCCCCCCCCCCCCCCCCCCCCC. The Morgan fingerprint density at radius 3 is 0.895 bits per heavy atom. The molecular formula is C81H159NO13. The quantitative estimate of drug-likeness (QED) is 0.0259. The smallest absolute Gasteiger partial charge is 0.220 e. The zero-order valence-corrected chi connectivity index (χ0v) is 62.2. The van der Waals surface area contributed by atoms with Crippen molar-refractivity contribution >= 4 is 5.91 Å². The molecule has 566 valence electrons. The zero-order chi connectivity index (χ0) is 68.7. The van der Waals surface area contributed by atoms with Crippen LogP contribution in [0.4, 0.5) is 0 Å². The Balaban J connectivity index is 1.56. The summed E-state index contributed by atoms with van der Waals surface area (Å²) in [5.74, 6) is -0.195. The minimum Gasteiger partial charge on any atom is -0.394 e. The standard InChI is InChI=1S/C81H159NO13/c1-3-5-7-9-11-13-15-17-19-21-23-25-27-29-30-31-32-33-34-35-36-37-38-39-40-41-43-45-47-49-51-53-55-57-59-61-63-65-73(86)82-69(68-92-80-78(91)76(89)79(72(67-84)94-80)95-81-77(90)75(88)74(87)71(66-83)93-81)70(85)64-62-60-58-56-54-52-50-48-46-44-42-28-26-24-22-20-18-16-14-12-10-8-6-4-2/h69-72,74-81,83-85,87-91H,3-68H2,1-2H3,(H,82,86). The van der Waals surface area contributed by atoms with Gasteiger partial charge >= 0.3 is 0 Å². The summed E-state index contributed by atoms with van der Waals surface area (Å²) in [6, 6.07) is -0.825. The van der Waals surface area contributed by atoms with Crippen molar-refractivity contribution in [1.29, 1.82) is 0 Å². The topological polar surface area (TPSA) is 228 Å². The predicted octanol–water partition coefficient (Wildman–Crippen LogP) is 19.1. The number of hydrogen-bond acceptors (Lipinski definition) is 13. The van der Waals surface area contributed by atoms with E-state index in [4.69, 9.17) is 18.9 Å². The van der Waals surface area contributed by atoms with Crippen LogP contribution in [0.3, 0.4) is 0 Å². The number of amides is 1. The predicted molar refractivity (Wildman–Crippen MR) is 393 cm³/mol. The van der Waals surface area contributed by atoms with Crippen molar-refractivity contribution in [1.82, 2.24) is 5.32 Å². The van der Waals surface area contributed by atoms with Crippen LogP contribution < -0.4 is 5.32 Å². The first kappa shape index (κ1) is 90.1. The lowest BCUT2D eigenvalue weighted by molar-refractivity contribution is -0.359. The molecule has 0 bridgehead atoms. The molecule has 0 aliphatic carbocycles. The zero-order valence-electron chi connectivity index (χ0n) is 62.2. The van der Waals surface area contributed by atoms with Gasteiger partial charge in [0.2, 0.25) is 5.91 Å². The van der Waals surface area contributed by atoms with Crippen LogP contribution in [0.5, 0.6) is 0 Å². The highest BCUT2D eigenvalue weighted by Gasteiger charge is 2.51. The minimum absolute atomic E-state index is 0.195. The molecule has 95 heavy (non-hydrogen) atoms. The largest absolute Gasteiger partial charge is 0.394 e. The molecule has 9 N–H and O–H groups in total. The van der Waals surface area contributed by atoms with Gasteiger partial charge in [-0.15, -0.1) is 0 Å². The van der Waals surface area contributed by atoms with Crippen LogP contribution in [0.1, 0.15) is 418 Å². The van der Waals surface area contributed by atoms with E-state index in [1.54, 1.807) is 0 Å². The molecule has 1 amide bonds. The van der Waals surface area contributed by atoms with Crippen molar-refractivity contribution < 1.29 is 64.6 Å². The fourth-order valence-electron chi connectivity index (χ4n) is 14.5. The molecule has 12 unspecified atom stereocenters. The Bertz CT molecular complexity index is 1600. The molecule has 14 heteroatoms. The molecule has 0 radical (unpaired) electrons. The molecule has 0 spiro atoms. The number of ether oxygens (including phenoxy) is 4. The maximum Gasteiger partial charge on any atom is 0.220 e. The average Bonchev–Trinajstić information content (AvgIpc) is 0.927. The summed E-state index contributed by atoms with van der Waals surface area (Å²) in [6.07, 6.45) is 66.0. The number of carbonyl (C=O) groups is 1. The lowest BCUT2D eigenvalue weighted by atomic mass is 9.97. The van der Waals surface area contributed by atoms with Gasteiger partial charge in [-0.1, -0.05) is 399 Å². The van der Waals surface area contributed by atoms with E-state index in [1.807, 2.05) is 0 Å². The molecule has 2 rings (SSSR count). The Morgan fingerprint density at radius 2 is 0.600 bits per heavy atom. The van der Waals surface area contributed by atoms with E-state index in [2.05, 4.69) is 19.2 Å². The maximum absolute atomic E-state index is 13.4. The van der Waals surface area contributed by atoms with Crippen LogP contribution in [-0.4, -0.2) is 140 Å². The van der Waals surface area contributed by atoms with Crippen molar-refractivity contribution in [2.75, 3.05) is 19.8 Å². The molecule has 2 heterocycles. The molecule has 12 atom stereocenters. The van der Waals surface area contributed by atoms with E-state index >= 15 is 0 Å². The second kappa shape index (κ2) is 66.2. The van der Waals surface area contributed by atoms with Gasteiger partial charge in [0.1, 0.15) is 48.8 Å². The van der Waals surface area contributed by atoms with Gasteiger partial charge in [0.05, 0.1) is 32.0 Å². The highest BCUT2D eigenvalue weighted by molar-refractivity contribution is 5.76. The number of aliphatic hydroxyl groups is 8. The Hall–Kier alpha value is -1.01. The first-order chi connectivity index (χ1) is 46.6. The highest BCUT2D eigenvalue weighted by Crippen LogP contribution is 2.31. The van der Waals surface area contributed by atoms with Gasteiger partial charge in [0.15, 0.2) is 12.6 Å². The van der Waals surface area contributed by atoms with Crippen molar-refractivity contribution in [3.63, 3.8) is 0 Å². The highest BCUT2D eigenvalue weighted by atomic mass is 16.7. The van der Waals surface area contributed by atoms with Gasteiger partial charge in [-0.05, 0) is 12.8 Å². The normalized spacial score (nSPS) is 22.2. The van der Waals surface area contributed by atoms with Gasteiger partial charge in [0.25, 0.3) is 0 Å². The molecule has 2 aliphatic heterocycles. The summed E-state index contributed by atoms with van der Waals surface area (Å²) in [5.41, 5.74) is 0. The Morgan fingerprint density at radius 1 is 0.337 bits per heavy atom. The van der Waals surface area contributed by atoms with Crippen LogP contribution >= 0.6 is 0 Å². The summed E-state index contributed by atoms with van der Waals surface area (Å²) >= 11 is 0. The van der Waals surface area contributed by atoms with Crippen molar-refractivity contribution in [3.05, 3.63) is 0 Å². The monoisotopic (exact) mass is 1350 g/mol. The first-order valence-corrected chi connectivity index (χ1v) is 41.8. The van der Waals surface area contributed by atoms with Crippen LogP contribution in [0.15, 0.2) is 0 Å². The third-order valence-corrected chi connectivity index (χ3v) is 21.1. The van der Waals surface area contributed by atoms with Gasteiger partial charge in [0, 0.05) is 6.42 Å². The molecule has 0 aromatic heterocycles. The fraction of sp³-hybridized carbons (Fsp3) is 0.988. The number of unbranched alkanes of at least 4 members (excludes halogenated alkanes) is 59. The molecule has 14 nitrogen and oxygen atoms in total. The lowest BCUT2D eigenvalue weighted by Gasteiger charge is -2.46. The summed E-state index contributed by atoms with van der Waals surface area (Å²) in [4.78, 5) is 13.4. The van der Waals surface area contributed by atoms with E-state index < -0.39 is 86.8 Å². The summed E-state index contributed by atoms with van der Waals surface area (Å²) < 4.78 is 23.0. The summed E-state index contributed by atoms with van der Waals surface area (Å²) in [5, 5.41) is 87.9. The average molecular weight is 1360 g/mol. The second-order valence-corrected chi connectivity index (χ2v) is 30.0. The molecule has 0 saturated carbocycles. The number of aliphatic hydroxyl groups excluding tert-OH is 8. The van der Waals surface area contributed by atoms with Crippen molar-refractivity contribution in [3.8, 4) is 0 Å². The van der Waals surface area contributed by atoms with Crippen LogP contribution in [-0.2, 0) is 23.7 Å². The maximum atomic E-state index is 13.4. The van der Waals surface area contributed by atoms with Gasteiger partial charge < -0.3 is 65.1 Å². The van der Waals surface area contributed by atoms with Crippen LogP contribution in [0, 0.1) is 0 Å². The molecule has 2 fully saturated rings. The summed E-state index contributed by atoms with van der Waals surface area (Å²) in [6.45, 7) is 2.95. The van der Waals surface area contributed by atoms with Crippen LogP contribution in [0.2, 0.25) is 0 Å². The van der Waals surface area contributed by atoms with Crippen LogP contribution in [0.25, 0.3) is 0 Å². The third kappa shape index (κ3) is 49.3. The van der Waals surface area contributed by atoms with Crippen molar-refractivity contribution in [2.24, 2.45) is 0 Å². The Labute approximate surface area is 584 Å². The molecule has 0 aromatic carbocycles. The lowest BCUT2D eigenvalue weighted by Crippen LogP contribution is -2.65. The molecule has 2 saturated heterocycles. The van der Waals surface area contributed by atoms with E-state index in [0.29, 0.717) is 12.8 Å². The number of rotatable bonds is 72. The van der Waals surface area contributed by atoms with Gasteiger partial charge in [-0.2, -0.15) is 0 Å². The van der Waals surface area contributed by atoms with E-state index in [9.17, 15) is 45.6 Å². The van der Waals surface area contributed by atoms with Crippen molar-refractivity contribution in [2.45, 2.75) is 492 Å². The second-order valence-electron chi connectivity index (χ2n) is 30.0. The van der Waals surface area contributed by atoms with E-state index in [-0.39, 0.29) is 12.5 Å². The minimum atomic E-state index is -1.78. The number of carbonyl (C=O) groups excluding carboxylic acids is 1. The first-order valence-electron chi connectivity index (χ1n) is 41.8. The molecular weight excluding hydrogens is 1190 g/mol. The fourth-order valence-corrected chi connectivity index (χ4v) is 14.5. The Kier molecular flexibility index (Phi) is 62.8. The van der Waals surface area contributed by atoms with Gasteiger partial charge in [-0.25, -0.2) is 0 Å². The van der Waals surface area contributed by atoms with E-state index in [1.165, 1.54) is 340 Å².